The van der Waals surface area contributed by atoms with Crippen LogP contribution in [0.4, 0.5) is 5.69 Å². The van der Waals surface area contributed by atoms with E-state index in [-0.39, 0.29) is 17.3 Å². The van der Waals surface area contributed by atoms with Gasteiger partial charge in [0.05, 0.1) is 17.2 Å². The quantitative estimate of drug-likeness (QED) is 0.532. The Labute approximate surface area is 170 Å². The molecule has 0 heterocycles. The van der Waals surface area contributed by atoms with Crippen molar-refractivity contribution in [1.29, 1.82) is 0 Å². The zero-order valence-electron chi connectivity index (χ0n) is 16.8. The minimum absolute atomic E-state index is 0.118. The van der Waals surface area contributed by atoms with Crippen LogP contribution in [-0.2, 0) is 19.6 Å². The monoisotopic (exact) mass is 416 g/mol. The van der Waals surface area contributed by atoms with E-state index in [1.165, 1.54) is 26.1 Å². The number of nitrogens with one attached hydrogen (secondary N) is 2. The van der Waals surface area contributed by atoms with Crippen molar-refractivity contribution in [3.8, 4) is 0 Å². The lowest BCUT2D eigenvalue weighted by molar-refractivity contribution is -0.121. The number of carbonyl (C=O) groups is 2. The molecule has 0 atom stereocenters. The van der Waals surface area contributed by atoms with Gasteiger partial charge in [-0.3, -0.25) is 9.59 Å². The third kappa shape index (κ3) is 6.23. The van der Waals surface area contributed by atoms with Gasteiger partial charge in [-0.15, -0.1) is 0 Å². The van der Waals surface area contributed by atoms with Crippen LogP contribution in [0.25, 0.3) is 0 Å². The molecule has 0 aromatic heterocycles. The van der Waals surface area contributed by atoms with E-state index in [0.717, 1.165) is 9.87 Å². The van der Waals surface area contributed by atoms with Crippen LogP contribution in [0.1, 0.15) is 25.0 Å². The average Bonchev–Trinajstić information content (AvgIpc) is 2.66. The number of hydrogen-bond donors (Lipinski definition) is 2. The van der Waals surface area contributed by atoms with Gasteiger partial charge in [0.1, 0.15) is 0 Å². The van der Waals surface area contributed by atoms with Crippen molar-refractivity contribution >= 4 is 33.2 Å². The van der Waals surface area contributed by atoms with E-state index in [9.17, 15) is 18.0 Å². The Morgan fingerprint density at radius 1 is 1.07 bits per heavy atom. The lowest BCUT2D eigenvalue weighted by atomic mass is 10.1. The highest BCUT2D eigenvalue weighted by molar-refractivity contribution is 7.89. The molecule has 0 aliphatic carbocycles. The van der Waals surface area contributed by atoms with Crippen molar-refractivity contribution in [1.82, 2.24) is 9.73 Å². The van der Waals surface area contributed by atoms with Crippen LogP contribution in [0.5, 0.6) is 0 Å². The second kappa shape index (κ2) is 9.44. The zero-order chi connectivity index (χ0) is 21.6. The first kappa shape index (κ1) is 22.3. The largest absolute Gasteiger partial charge is 0.326 e. The number of anilines is 1. The van der Waals surface area contributed by atoms with Crippen molar-refractivity contribution < 1.29 is 18.0 Å². The summed E-state index contributed by atoms with van der Waals surface area (Å²) in [7, 11) is -2.44. The molecule has 2 amide bonds. The lowest BCUT2D eigenvalue weighted by Crippen LogP contribution is -2.36. The maximum Gasteiger partial charge on any atom is 0.255 e. The van der Waals surface area contributed by atoms with Crippen LogP contribution in [0.3, 0.4) is 0 Å². The van der Waals surface area contributed by atoms with Crippen LogP contribution in [0.2, 0.25) is 0 Å². The van der Waals surface area contributed by atoms with Crippen molar-refractivity contribution in [2.24, 2.45) is 5.10 Å². The van der Waals surface area contributed by atoms with Gasteiger partial charge in [-0.25, -0.2) is 13.8 Å². The smallest absolute Gasteiger partial charge is 0.255 e. The van der Waals surface area contributed by atoms with Gasteiger partial charge >= 0.3 is 0 Å². The topological polar surface area (TPSA) is 108 Å². The molecule has 0 spiro atoms. The highest BCUT2D eigenvalue weighted by Gasteiger charge is 2.22. The standard InChI is InChI=1S/C20H24N4O4S/c1-14-8-10-19(11-9-14)29(27,28)24(4)13-20(26)23-22-15(2)17-6-5-7-18(12-17)21-16(3)25/h5-12H,13H2,1-4H3,(H,21,25)(H,23,26)/b22-15+. The molecule has 2 rings (SSSR count). The van der Waals surface area contributed by atoms with E-state index < -0.39 is 15.9 Å². The van der Waals surface area contributed by atoms with Crippen LogP contribution in [0.15, 0.2) is 58.5 Å². The fourth-order valence-corrected chi connectivity index (χ4v) is 3.58. The fraction of sp³-hybridized carbons (Fsp3) is 0.250. The number of rotatable bonds is 7. The normalized spacial score (nSPS) is 12.0. The van der Waals surface area contributed by atoms with Crippen LogP contribution in [0, 0.1) is 6.92 Å². The summed E-state index contributed by atoms with van der Waals surface area (Å²) in [6.07, 6.45) is 0. The van der Waals surface area contributed by atoms with Crippen LogP contribution >= 0.6 is 0 Å². The Balaban J connectivity index is 2.03. The third-order valence-corrected chi connectivity index (χ3v) is 5.86. The Hall–Kier alpha value is -3.04. The molecule has 0 aliphatic rings. The van der Waals surface area contributed by atoms with Gasteiger partial charge < -0.3 is 5.32 Å². The molecule has 0 saturated heterocycles. The first-order valence-corrected chi connectivity index (χ1v) is 10.3. The molecule has 2 N–H and O–H groups in total. The van der Waals surface area contributed by atoms with E-state index in [0.29, 0.717) is 17.0 Å². The minimum atomic E-state index is -3.77. The van der Waals surface area contributed by atoms with Gasteiger partial charge in [-0.2, -0.15) is 9.41 Å². The van der Waals surface area contributed by atoms with Gasteiger partial charge in [0.15, 0.2) is 0 Å². The third-order valence-electron chi connectivity index (χ3n) is 4.04. The summed E-state index contributed by atoms with van der Waals surface area (Å²) in [6, 6.07) is 13.4. The van der Waals surface area contributed by atoms with Crippen molar-refractivity contribution in [2.75, 3.05) is 18.9 Å². The predicted molar refractivity (Wildman–Crippen MR) is 112 cm³/mol. The lowest BCUT2D eigenvalue weighted by Gasteiger charge is -2.16. The molecule has 2 aromatic carbocycles. The number of aryl methyl sites for hydroxylation is 1. The molecule has 154 valence electrons. The summed E-state index contributed by atoms with van der Waals surface area (Å²) in [4.78, 5) is 23.4. The summed E-state index contributed by atoms with van der Waals surface area (Å²) in [5, 5.41) is 6.69. The predicted octanol–water partition coefficient (Wildman–Crippen LogP) is 2.11. The van der Waals surface area contributed by atoms with Gasteiger partial charge in [-0.1, -0.05) is 29.8 Å². The molecule has 0 unspecified atom stereocenters. The highest BCUT2D eigenvalue weighted by Crippen LogP contribution is 2.15. The zero-order valence-corrected chi connectivity index (χ0v) is 17.6. The van der Waals surface area contributed by atoms with Crippen molar-refractivity contribution in [2.45, 2.75) is 25.7 Å². The summed E-state index contributed by atoms with van der Waals surface area (Å²) >= 11 is 0. The summed E-state index contributed by atoms with van der Waals surface area (Å²) in [5.74, 6) is -0.761. The van der Waals surface area contributed by atoms with Crippen molar-refractivity contribution in [3.05, 3.63) is 59.7 Å². The Morgan fingerprint density at radius 2 is 1.72 bits per heavy atom. The van der Waals surface area contributed by atoms with E-state index >= 15 is 0 Å². The number of sulfonamides is 1. The van der Waals surface area contributed by atoms with Gasteiger partial charge in [0, 0.05) is 19.7 Å². The summed E-state index contributed by atoms with van der Waals surface area (Å²) in [6.45, 7) is 4.59. The molecular weight excluding hydrogens is 392 g/mol. The molecule has 9 heteroatoms. The fourth-order valence-electron chi connectivity index (χ4n) is 2.45. The van der Waals surface area contributed by atoms with Crippen LogP contribution in [-0.4, -0.2) is 43.8 Å². The maximum absolute atomic E-state index is 12.5. The summed E-state index contributed by atoms with van der Waals surface area (Å²) in [5.41, 5.74) is 5.13. The Morgan fingerprint density at radius 3 is 2.34 bits per heavy atom. The Kier molecular flexibility index (Phi) is 7.24. The number of nitrogens with zero attached hydrogens (tertiary/aromatic N) is 2. The highest BCUT2D eigenvalue weighted by atomic mass is 32.2. The molecule has 8 nitrogen and oxygen atoms in total. The number of hydrogen-bond acceptors (Lipinski definition) is 5. The minimum Gasteiger partial charge on any atom is -0.326 e. The van der Waals surface area contributed by atoms with E-state index in [1.54, 1.807) is 43.3 Å². The average molecular weight is 417 g/mol. The first-order valence-electron chi connectivity index (χ1n) is 8.84. The SMILES string of the molecule is CC(=O)Nc1cccc(/C(C)=N/NC(=O)CN(C)S(=O)(=O)c2ccc(C)cc2)c1. The molecule has 0 fully saturated rings. The molecule has 0 radical (unpaired) electrons. The summed E-state index contributed by atoms with van der Waals surface area (Å²) < 4.78 is 26.0. The second-order valence-corrected chi connectivity index (χ2v) is 8.61. The van der Waals surface area contributed by atoms with Gasteiger partial charge in [0.2, 0.25) is 15.9 Å². The molecule has 29 heavy (non-hydrogen) atoms. The van der Waals surface area contributed by atoms with Crippen molar-refractivity contribution in [3.63, 3.8) is 0 Å². The molecule has 2 aromatic rings. The van der Waals surface area contributed by atoms with E-state index in [4.69, 9.17) is 0 Å². The molecule has 0 bridgehead atoms. The number of amides is 2. The Bertz CT molecular complexity index is 1030. The van der Waals surface area contributed by atoms with E-state index in [2.05, 4.69) is 15.8 Å². The number of benzene rings is 2. The first-order chi connectivity index (χ1) is 13.6. The van der Waals surface area contributed by atoms with Gasteiger partial charge in [-0.05, 0) is 43.7 Å². The number of likely N-dealkylation sites (N-methyl/N-ethyl adjacent to an activating group) is 1. The van der Waals surface area contributed by atoms with Gasteiger partial charge in [0.25, 0.3) is 5.91 Å². The maximum atomic E-state index is 12.5. The number of carbonyl (C=O) groups excluding carboxylic acids is 2. The van der Waals surface area contributed by atoms with E-state index in [1.807, 2.05) is 6.92 Å². The molecule has 0 aliphatic heterocycles. The second-order valence-electron chi connectivity index (χ2n) is 6.57. The molecular formula is C20H24N4O4S. The number of hydrazone groups is 1. The van der Waals surface area contributed by atoms with Crippen LogP contribution < -0.4 is 10.7 Å². The molecule has 0 saturated carbocycles.